The topological polar surface area (TPSA) is 75.3 Å². The van der Waals surface area contributed by atoms with Crippen molar-refractivity contribution in [3.63, 3.8) is 0 Å². The number of anilines is 1. The van der Waals surface area contributed by atoms with Gasteiger partial charge in [-0.15, -0.1) is 0 Å². The van der Waals surface area contributed by atoms with Crippen molar-refractivity contribution in [2.45, 2.75) is 51.7 Å². The number of benzene rings is 1. The van der Waals surface area contributed by atoms with Crippen LogP contribution in [0, 0.1) is 23.4 Å². The first-order valence-electron chi connectivity index (χ1n) is 11.8. The second kappa shape index (κ2) is 9.95. The highest BCUT2D eigenvalue weighted by Crippen LogP contribution is 2.32. The van der Waals surface area contributed by atoms with Crippen LogP contribution in [0.2, 0.25) is 0 Å². The molecular formula is C27H31F3N4O. The van der Waals surface area contributed by atoms with Crippen molar-refractivity contribution in [2.24, 2.45) is 11.7 Å². The summed E-state index contributed by atoms with van der Waals surface area (Å²) in [6, 6.07) is 6.80. The summed E-state index contributed by atoms with van der Waals surface area (Å²) < 4.78 is 44.3. The van der Waals surface area contributed by atoms with Crippen molar-refractivity contribution >= 4 is 5.69 Å². The van der Waals surface area contributed by atoms with Gasteiger partial charge in [0.15, 0.2) is 0 Å². The lowest BCUT2D eigenvalue weighted by atomic mass is 9.95. The van der Waals surface area contributed by atoms with Crippen molar-refractivity contribution in [3.05, 3.63) is 77.0 Å². The van der Waals surface area contributed by atoms with Crippen molar-refractivity contribution < 1.29 is 18.3 Å². The summed E-state index contributed by atoms with van der Waals surface area (Å²) in [6.07, 6.45) is 5.56. The minimum atomic E-state index is -1.44. The molecule has 3 N–H and O–H groups in total. The standard InChI is InChI=1S/C27H31F3N4O/c1-16-10-19(31)15-34(14-16)24-8-9-32-13-17(24)4-5-20-6-7-21(28)26(33-20)25-22(29)11-18(12-23(25)30)27(2,3)35/h6-9,11-13,16,19,35H,4-5,10,14-15,31H2,1-3H3/t16-,19+/m1/s1. The van der Waals surface area contributed by atoms with Crippen LogP contribution in [0.25, 0.3) is 11.3 Å². The molecule has 1 fully saturated rings. The predicted molar refractivity (Wildman–Crippen MR) is 130 cm³/mol. The van der Waals surface area contributed by atoms with E-state index in [0.29, 0.717) is 24.5 Å². The predicted octanol–water partition coefficient (Wildman–Crippen LogP) is 4.75. The molecule has 0 spiro atoms. The Morgan fingerprint density at radius 1 is 1.06 bits per heavy atom. The number of rotatable bonds is 6. The monoisotopic (exact) mass is 484 g/mol. The van der Waals surface area contributed by atoms with E-state index in [0.717, 1.165) is 42.9 Å². The molecule has 2 atom stereocenters. The fraction of sp³-hybridized carbons (Fsp3) is 0.407. The van der Waals surface area contributed by atoms with Gasteiger partial charge in [-0.2, -0.15) is 0 Å². The first-order chi connectivity index (χ1) is 16.5. The number of aromatic nitrogens is 2. The molecule has 0 aliphatic carbocycles. The quantitative estimate of drug-likeness (QED) is 0.528. The molecule has 8 heteroatoms. The summed E-state index contributed by atoms with van der Waals surface area (Å²) in [6.45, 7) is 6.70. The van der Waals surface area contributed by atoms with Gasteiger partial charge in [0, 0.05) is 42.9 Å². The van der Waals surface area contributed by atoms with E-state index >= 15 is 0 Å². The van der Waals surface area contributed by atoms with Gasteiger partial charge in [-0.05, 0) is 80.5 Å². The zero-order chi connectivity index (χ0) is 25.3. The summed E-state index contributed by atoms with van der Waals surface area (Å²) in [5.41, 5.74) is 6.49. The molecule has 0 amide bonds. The lowest BCUT2D eigenvalue weighted by Gasteiger charge is -2.37. The number of nitrogens with zero attached hydrogens (tertiary/aromatic N) is 3. The van der Waals surface area contributed by atoms with E-state index in [1.807, 2.05) is 6.07 Å². The summed E-state index contributed by atoms with van der Waals surface area (Å²) >= 11 is 0. The van der Waals surface area contributed by atoms with Crippen LogP contribution in [0.5, 0.6) is 0 Å². The number of nitrogens with two attached hydrogens (primary N) is 1. The van der Waals surface area contributed by atoms with Crippen LogP contribution < -0.4 is 10.6 Å². The minimum Gasteiger partial charge on any atom is -0.386 e. The molecule has 3 heterocycles. The van der Waals surface area contributed by atoms with E-state index in [2.05, 4.69) is 21.8 Å². The molecule has 186 valence electrons. The average molecular weight is 485 g/mol. The highest BCUT2D eigenvalue weighted by molar-refractivity contribution is 5.62. The number of halogens is 3. The molecule has 1 aliphatic rings. The molecule has 2 aromatic heterocycles. The van der Waals surface area contributed by atoms with Gasteiger partial charge in [0.1, 0.15) is 23.1 Å². The Labute approximate surface area is 203 Å². The minimum absolute atomic E-state index is 0.0590. The first-order valence-corrected chi connectivity index (χ1v) is 11.8. The van der Waals surface area contributed by atoms with E-state index in [9.17, 15) is 18.3 Å². The van der Waals surface area contributed by atoms with Crippen LogP contribution >= 0.6 is 0 Å². The SMILES string of the molecule is C[C@@H]1C[C@H](N)CN(c2ccncc2CCc2ccc(F)c(-c3c(F)cc(C(C)(C)O)cc3F)n2)C1. The molecule has 4 rings (SSSR count). The van der Waals surface area contributed by atoms with E-state index in [4.69, 9.17) is 5.73 Å². The van der Waals surface area contributed by atoms with Crippen LogP contribution in [-0.2, 0) is 18.4 Å². The second-order valence-corrected chi connectivity index (χ2v) is 10.0. The number of hydrogen-bond acceptors (Lipinski definition) is 5. The van der Waals surface area contributed by atoms with Gasteiger partial charge in [-0.1, -0.05) is 6.92 Å². The van der Waals surface area contributed by atoms with Gasteiger partial charge >= 0.3 is 0 Å². The molecule has 3 aromatic rings. The maximum absolute atomic E-state index is 14.8. The Kier molecular flexibility index (Phi) is 7.15. The van der Waals surface area contributed by atoms with E-state index < -0.39 is 28.6 Å². The molecule has 1 saturated heterocycles. The van der Waals surface area contributed by atoms with Crippen LogP contribution in [0.4, 0.5) is 18.9 Å². The second-order valence-electron chi connectivity index (χ2n) is 10.0. The Bertz CT molecular complexity index is 1180. The Morgan fingerprint density at radius 3 is 2.43 bits per heavy atom. The maximum atomic E-state index is 14.8. The molecule has 0 radical (unpaired) electrons. The largest absolute Gasteiger partial charge is 0.386 e. The van der Waals surface area contributed by atoms with E-state index in [1.165, 1.54) is 26.0 Å². The zero-order valence-electron chi connectivity index (χ0n) is 20.2. The van der Waals surface area contributed by atoms with Gasteiger partial charge in [-0.3, -0.25) is 4.98 Å². The molecule has 1 aromatic carbocycles. The van der Waals surface area contributed by atoms with Gasteiger partial charge in [-0.25, -0.2) is 18.2 Å². The number of hydrogen-bond donors (Lipinski definition) is 2. The average Bonchev–Trinajstić information content (AvgIpc) is 2.78. The molecule has 0 bridgehead atoms. The summed E-state index contributed by atoms with van der Waals surface area (Å²) in [4.78, 5) is 10.8. The molecule has 0 unspecified atom stereocenters. The van der Waals surface area contributed by atoms with E-state index in [-0.39, 0.29) is 17.3 Å². The van der Waals surface area contributed by atoms with Crippen molar-refractivity contribution in [1.29, 1.82) is 0 Å². The third-order valence-electron chi connectivity index (χ3n) is 6.45. The highest BCUT2D eigenvalue weighted by Gasteiger charge is 2.25. The third-order valence-corrected chi connectivity index (χ3v) is 6.45. The zero-order valence-corrected chi connectivity index (χ0v) is 20.2. The normalized spacial score (nSPS) is 18.7. The summed E-state index contributed by atoms with van der Waals surface area (Å²) in [7, 11) is 0. The van der Waals surface area contributed by atoms with Crippen molar-refractivity contribution in [1.82, 2.24) is 9.97 Å². The number of aliphatic hydroxyl groups is 1. The van der Waals surface area contributed by atoms with Gasteiger partial charge in [0.25, 0.3) is 0 Å². The lowest BCUT2D eigenvalue weighted by molar-refractivity contribution is 0.0779. The molecule has 1 aliphatic heterocycles. The maximum Gasteiger partial charge on any atom is 0.149 e. The molecule has 0 saturated carbocycles. The molecule has 5 nitrogen and oxygen atoms in total. The summed E-state index contributed by atoms with van der Waals surface area (Å²) in [5, 5.41) is 10.1. The van der Waals surface area contributed by atoms with Gasteiger partial charge < -0.3 is 15.7 Å². The molecular weight excluding hydrogens is 453 g/mol. The van der Waals surface area contributed by atoms with Gasteiger partial charge in [0.05, 0.1) is 11.2 Å². The Morgan fingerprint density at radius 2 is 1.77 bits per heavy atom. The molecule has 35 heavy (non-hydrogen) atoms. The highest BCUT2D eigenvalue weighted by atomic mass is 19.1. The van der Waals surface area contributed by atoms with E-state index in [1.54, 1.807) is 12.4 Å². The van der Waals surface area contributed by atoms with Crippen LogP contribution in [0.15, 0.2) is 42.7 Å². The Hall–Kier alpha value is -2.97. The van der Waals surface area contributed by atoms with Crippen molar-refractivity contribution in [2.75, 3.05) is 18.0 Å². The van der Waals surface area contributed by atoms with Crippen molar-refractivity contribution in [3.8, 4) is 11.3 Å². The Balaban J connectivity index is 1.59. The number of piperidine rings is 1. The lowest BCUT2D eigenvalue weighted by Crippen LogP contribution is -2.46. The first kappa shape index (κ1) is 25.1. The third kappa shape index (κ3) is 5.65. The fourth-order valence-electron chi connectivity index (χ4n) is 4.73. The van der Waals surface area contributed by atoms with Crippen LogP contribution in [-0.4, -0.2) is 34.2 Å². The number of pyridine rings is 2. The summed E-state index contributed by atoms with van der Waals surface area (Å²) in [5.74, 6) is -2.29. The number of aryl methyl sites for hydroxylation is 2. The smallest absolute Gasteiger partial charge is 0.149 e. The fourth-order valence-corrected chi connectivity index (χ4v) is 4.73. The van der Waals surface area contributed by atoms with Crippen LogP contribution in [0.1, 0.15) is 44.0 Å². The van der Waals surface area contributed by atoms with Crippen LogP contribution in [0.3, 0.4) is 0 Å². The van der Waals surface area contributed by atoms with Gasteiger partial charge in [0.2, 0.25) is 0 Å².